The second-order valence-corrected chi connectivity index (χ2v) is 7.50. The van der Waals surface area contributed by atoms with Gasteiger partial charge in [-0.2, -0.15) is 0 Å². The van der Waals surface area contributed by atoms with Gasteiger partial charge in [-0.1, -0.05) is 51.3 Å². The van der Waals surface area contributed by atoms with Crippen molar-refractivity contribution in [2.75, 3.05) is 13.7 Å². The summed E-state index contributed by atoms with van der Waals surface area (Å²) < 4.78 is 6.22. The lowest BCUT2D eigenvalue weighted by Gasteiger charge is -2.27. The Kier molecular flexibility index (Phi) is 5.32. The van der Waals surface area contributed by atoms with Gasteiger partial charge in [0.25, 0.3) is 0 Å². The van der Waals surface area contributed by atoms with E-state index in [0.717, 1.165) is 18.3 Å². The Morgan fingerprint density at radius 2 is 1.90 bits per heavy atom. The molecule has 2 heteroatoms. The molecule has 1 aromatic carbocycles. The van der Waals surface area contributed by atoms with Crippen LogP contribution in [-0.4, -0.2) is 19.7 Å². The molecule has 2 nitrogen and oxygen atoms in total. The Hall–Kier alpha value is -1.02. The molecule has 0 aliphatic heterocycles. The van der Waals surface area contributed by atoms with Crippen LogP contribution in [0, 0.1) is 12.8 Å². The Balaban J connectivity index is 2.08. The van der Waals surface area contributed by atoms with Crippen molar-refractivity contribution in [1.29, 1.82) is 0 Å². The van der Waals surface area contributed by atoms with E-state index >= 15 is 0 Å². The van der Waals surface area contributed by atoms with Crippen LogP contribution in [0.5, 0.6) is 5.75 Å². The number of hydrogen-bond acceptors (Lipinski definition) is 2. The van der Waals surface area contributed by atoms with Gasteiger partial charge in [0.05, 0.1) is 0 Å². The molecular weight excluding hydrogens is 258 g/mol. The van der Waals surface area contributed by atoms with Gasteiger partial charge in [-0.15, -0.1) is 0 Å². The smallest absolute Gasteiger partial charge is 0.123 e. The Morgan fingerprint density at radius 3 is 2.48 bits per heavy atom. The quantitative estimate of drug-likeness (QED) is 0.864. The van der Waals surface area contributed by atoms with E-state index in [0.29, 0.717) is 6.04 Å². The molecule has 0 bridgehead atoms. The standard InChI is InChI=1S/C19H31NO/c1-14-10-11-18(16(12-14)19(2,3)4)21-13-17(20-5)15-8-6-7-9-15/h10-12,15,17,20H,6-9,13H2,1-5H3. The topological polar surface area (TPSA) is 21.3 Å². The van der Waals surface area contributed by atoms with Crippen LogP contribution in [0.1, 0.15) is 57.6 Å². The van der Waals surface area contributed by atoms with Gasteiger partial charge in [0, 0.05) is 6.04 Å². The number of hydrogen-bond donors (Lipinski definition) is 1. The largest absolute Gasteiger partial charge is 0.492 e. The molecule has 1 unspecified atom stereocenters. The molecule has 0 radical (unpaired) electrons. The van der Waals surface area contributed by atoms with Crippen molar-refractivity contribution < 1.29 is 4.74 Å². The highest BCUT2D eigenvalue weighted by atomic mass is 16.5. The molecular formula is C19H31NO. The molecule has 1 aliphatic rings. The van der Waals surface area contributed by atoms with Crippen LogP contribution in [0.25, 0.3) is 0 Å². The minimum Gasteiger partial charge on any atom is -0.492 e. The number of likely N-dealkylation sites (N-methyl/N-ethyl adjacent to an activating group) is 1. The Labute approximate surface area is 130 Å². The second-order valence-electron chi connectivity index (χ2n) is 7.50. The van der Waals surface area contributed by atoms with E-state index in [9.17, 15) is 0 Å². The molecule has 118 valence electrons. The third-order valence-electron chi connectivity index (χ3n) is 4.70. The molecule has 1 N–H and O–H groups in total. The summed E-state index contributed by atoms with van der Waals surface area (Å²) in [6.45, 7) is 9.67. The minimum atomic E-state index is 0.115. The fourth-order valence-electron chi connectivity index (χ4n) is 3.35. The third kappa shape index (κ3) is 4.23. The first-order valence-corrected chi connectivity index (χ1v) is 8.33. The molecule has 0 saturated heterocycles. The molecule has 1 aliphatic carbocycles. The van der Waals surface area contributed by atoms with Crippen LogP contribution in [-0.2, 0) is 5.41 Å². The monoisotopic (exact) mass is 289 g/mol. The SMILES string of the molecule is CNC(COc1ccc(C)cc1C(C)(C)C)C1CCCC1. The molecule has 1 saturated carbocycles. The number of ether oxygens (including phenoxy) is 1. The zero-order valence-corrected chi connectivity index (χ0v) is 14.3. The summed E-state index contributed by atoms with van der Waals surface area (Å²) in [5.74, 6) is 1.82. The van der Waals surface area contributed by atoms with Gasteiger partial charge in [0.1, 0.15) is 12.4 Å². The van der Waals surface area contributed by atoms with Gasteiger partial charge in [0.2, 0.25) is 0 Å². The Bertz CT molecular complexity index is 455. The Morgan fingerprint density at radius 1 is 1.24 bits per heavy atom. The fourth-order valence-corrected chi connectivity index (χ4v) is 3.35. The van der Waals surface area contributed by atoms with E-state index in [4.69, 9.17) is 4.74 Å². The lowest BCUT2D eigenvalue weighted by Crippen LogP contribution is -2.38. The first-order valence-electron chi connectivity index (χ1n) is 8.33. The van der Waals surface area contributed by atoms with E-state index in [2.05, 4.69) is 58.3 Å². The highest BCUT2D eigenvalue weighted by Gasteiger charge is 2.25. The lowest BCUT2D eigenvalue weighted by atomic mass is 9.85. The van der Waals surface area contributed by atoms with Crippen LogP contribution in [0.2, 0.25) is 0 Å². The molecule has 0 aromatic heterocycles. The molecule has 0 heterocycles. The van der Waals surface area contributed by atoms with Crippen molar-refractivity contribution >= 4 is 0 Å². The maximum atomic E-state index is 6.22. The highest BCUT2D eigenvalue weighted by Crippen LogP contribution is 2.33. The number of nitrogens with one attached hydrogen (secondary N) is 1. The van der Waals surface area contributed by atoms with Gasteiger partial charge >= 0.3 is 0 Å². The van der Waals surface area contributed by atoms with Crippen molar-refractivity contribution in [3.05, 3.63) is 29.3 Å². The van der Waals surface area contributed by atoms with Crippen molar-refractivity contribution in [2.45, 2.75) is 64.8 Å². The fraction of sp³-hybridized carbons (Fsp3) is 0.684. The number of rotatable bonds is 5. The van der Waals surface area contributed by atoms with E-state index in [1.807, 2.05) is 0 Å². The third-order valence-corrected chi connectivity index (χ3v) is 4.70. The van der Waals surface area contributed by atoms with Crippen molar-refractivity contribution in [1.82, 2.24) is 5.32 Å². The summed E-state index contributed by atoms with van der Waals surface area (Å²) in [4.78, 5) is 0. The molecule has 2 rings (SSSR count). The van der Waals surface area contributed by atoms with Gasteiger partial charge in [-0.3, -0.25) is 0 Å². The molecule has 1 fully saturated rings. The van der Waals surface area contributed by atoms with Crippen LogP contribution in [0.15, 0.2) is 18.2 Å². The second kappa shape index (κ2) is 6.83. The first-order chi connectivity index (χ1) is 9.91. The minimum absolute atomic E-state index is 0.115. The molecule has 0 spiro atoms. The normalized spacial score (nSPS) is 18.0. The predicted octanol–water partition coefficient (Wildman–Crippen LogP) is 4.45. The lowest BCUT2D eigenvalue weighted by molar-refractivity contribution is 0.221. The summed E-state index contributed by atoms with van der Waals surface area (Å²) >= 11 is 0. The average molecular weight is 289 g/mol. The first kappa shape index (κ1) is 16.4. The van der Waals surface area contributed by atoms with E-state index in [1.54, 1.807) is 0 Å². The summed E-state index contributed by atoms with van der Waals surface area (Å²) in [7, 11) is 2.06. The van der Waals surface area contributed by atoms with Gasteiger partial charge in [0.15, 0.2) is 0 Å². The molecule has 21 heavy (non-hydrogen) atoms. The zero-order chi connectivity index (χ0) is 15.5. The maximum absolute atomic E-state index is 6.22. The van der Waals surface area contributed by atoms with Gasteiger partial charge < -0.3 is 10.1 Å². The summed E-state index contributed by atoms with van der Waals surface area (Å²) in [6, 6.07) is 7.02. The van der Waals surface area contributed by atoms with Crippen LogP contribution in [0.3, 0.4) is 0 Å². The summed E-state index contributed by atoms with van der Waals surface area (Å²) in [5.41, 5.74) is 2.72. The number of benzene rings is 1. The zero-order valence-electron chi connectivity index (χ0n) is 14.3. The van der Waals surface area contributed by atoms with E-state index in [-0.39, 0.29) is 5.41 Å². The molecule has 0 amide bonds. The predicted molar refractivity (Wildman–Crippen MR) is 90.2 cm³/mol. The molecule has 1 atom stereocenters. The van der Waals surface area contributed by atoms with Crippen LogP contribution < -0.4 is 10.1 Å². The van der Waals surface area contributed by atoms with Crippen LogP contribution >= 0.6 is 0 Å². The average Bonchev–Trinajstić information content (AvgIpc) is 2.94. The highest BCUT2D eigenvalue weighted by molar-refractivity contribution is 5.41. The van der Waals surface area contributed by atoms with E-state index in [1.165, 1.54) is 36.8 Å². The van der Waals surface area contributed by atoms with Crippen molar-refractivity contribution in [2.24, 2.45) is 5.92 Å². The van der Waals surface area contributed by atoms with Gasteiger partial charge in [-0.05, 0) is 49.8 Å². The van der Waals surface area contributed by atoms with E-state index < -0.39 is 0 Å². The summed E-state index contributed by atoms with van der Waals surface area (Å²) in [6.07, 6.45) is 5.44. The summed E-state index contributed by atoms with van der Waals surface area (Å²) in [5, 5.41) is 3.46. The number of aryl methyl sites for hydroxylation is 1. The van der Waals surface area contributed by atoms with Crippen LogP contribution in [0.4, 0.5) is 0 Å². The maximum Gasteiger partial charge on any atom is 0.123 e. The molecule has 1 aromatic rings. The van der Waals surface area contributed by atoms with Crippen molar-refractivity contribution in [3.63, 3.8) is 0 Å². The van der Waals surface area contributed by atoms with Gasteiger partial charge in [-0.25, -0.2) is 0 Å². The van der Waals surface area contributed by atoms with Crippen molar-refractivity contribution in [3.8, 4) is 5.75 Å².